The lowest BCUT2D eigenvalue weighted by Crippen LogP contribution is -2.42. The molecule has 0 saturated heterocycles. The molecule has 20 heavy (non-hydrogen) atoms. The van der Waals surface area contributed by atoms with Gasteiger partial charge in [0.2, 0.25) is 5.91 Å². The lowest BCUT2D eigenvalue weighted by Gasteiger charge is -2.16. The van der Waals surface area contributed by atoms with Gasteiger partial charge in [0.15, 0.2) is 0 Å². The van der Waals surface area contributed by atoms with Gasteiger partial charge >= 0.3 is 5.97 Å². The molecule has 1 rings (SSSR count). The molecule has 1 unspecified atom stereocenters. The SMILES string of the molecule is CC(C)CC(NC(=O)CSc1ccccc1F)C(=O)O. The molecule has 1 amide bonds. The lowest BCUT2D eigenvalue weighted by molar-refractivity contribution is -0.141. The van der Waals surface area contributed by atoms with Gasteiger partial charge in [-0.25, -0.2) is 9.18 Å². The first kappa shape index (κ1) is 16.5. The average molecular weight is 299 g/mol. The minimum Gasteiger partial charge on any atom is -0.480 e. The Hall–Kier alpha value is -1.56. The molecule has 0 aliphatic heterocycles. The van der Waals surface area contributed by atoms with Crippen LogP contribution >= 0.6 is 11.8 Å². The molecule has 0 aliphatic rings. The highest BCUT2D eigenvalue weighted by Crippen LogP contribution is 2.20. The second kappa shape index (κ2) is 7.89. The van der Waals surface area contributed by atoms with Gasteiger partial charge in [0.25, 0.3) is 0 Å². The Morgan fingerprint density at radius 3 is 2.55 bits per heavy atom. The van der Waals surface area contributed by atoms with Crippen LogP contribution in [0.1, 0.15) is 20.3 Å². The van der Waals surface area contributed by atoms with Gasteiger partial charge in [-0.1, -0.05) is 26.0 Å². The first-order chi connectivity index (χ1) is 9.40. The first-order valence-corrected chi connectivity index (χ1v) is 7.28. The normalized spacial score (nSPS) is 12.2. The van der Waals surface area contributed by atoms with Crippen LogP contribution in [-0.2, 0) is 9.59 Å². The number of benzene rings is 1. The van der Waals surface area contributed by atoms with Crippen LogP contribution in [-0.4, -0.2) is 28.8 Å². The highest BCUT2D eigenvalue weighted by molar-refractivity contribution is 8.00. The molecule has 0 aliphatic carbocycles. The van der Waals surface area contributed by atoms with Gasteiger partial charge in [-0.3, -0.25) is 4.79 Å². The summed E-state index contributed by atoms with van der Waals surface area (Å²) in [6.07, 6.45) is 0.367. The lowest BCUT2D eigenvalue weighted by atomic mass is 10.0. The Morgan fingerprint density at radius 1 is 1.35 bits per heavy atom. The van der Waals surface area contributed by atoms with E-state index in [1.807, 2.05) is 13.8 Å². The van der Waals surface area contributed by atoms with Crippen LogP contribution in [0.25, 0.3) is 0 Å². The first-order valence-electron chi connectivity index (χ1n) is 6.29. The fourth-order valence-corrected chi connectivity index (χ4v) is 2.38. The Morgan fingerprint density at radius 2 is 2.00 bits per heavy atom. The van der Waals surface area contributed by atoms with Crippen LogP contribution < -0.4 is 5.32 Å². The molecule has 6 heteroatoms. The van der Waals surface area contributed by atoms with E-state index in [1.54, 1.807) is 18.2 Å². The predicted octanol–water partition coefficient (Wildman–Crippen LogP) is 2.53. The second-order valence-electron chi connectivity index (χ2n) is 4.81. The number of rotatable bonds is 7. The van der Waals surface area contributed by atoms with E-state index in [1.165, 1.54) is 6.07 Å². The number of hydrogen-bond donors (Lipinski definition) is 2. The molecule has 4 nitrogen and oxygen atoms in total. The van der Waals surface area contributed by atoms with Crippen molar-refractivity contribution in [1.29, 1.82) is 0 Å². The van der Waals surface area contributed by atoms with Crippen LogP contribution in [0.3, 0.4) is 0 Å². The van der Waals surface area contributed by atoms with E-state index >= 15 is 0 Å². The maximum atomic E-state index is 13.4. The topological polar surface area (TPSA) is 66.4 Å². The summed E-state index contributed by atoms with van der Waals surface area (Å²) in [5.74, 6) is -1.70. The number of carboxylic acids is 1. The number of amides is 1. The van der Waals surface area contributed by atoms with Crippen molar-refractivity contribution in [2.24, 2.45) is 5.92 Å². The van der Waals surface area contributed by atoms with Crippen molar-refractivity contribution in [3.05, 3.63) is 30.1 Å². The molecule has 0 spiro atoms. The second-order valence-corrected chi connectivity index (χ2v) is 5.82. The number of carboxylic acid groups (broad SMARTS) is 1. The number of aliphatic carboxylic acids is 1. The van der Waals surface area contributed by atoms with Crippen LogP contribution in [0.4, 0.5) is 4.39 Å². The summed E-state index contributed by atoms with van der Waals surface area (Å²) in [5.41, 5.74) is 0. The molecule has 0 fully saturated rings. The number of hydrogen-bond acceptors (Lipinski definition) is 3. The molecule has 0 saturated carbocycles. The van der Waals surface area contributed by atoms with Gasteiger partial charge in [0, 0.05) is 4.90 Å². The Kier molecular flexibility index (Phi) is 6.51. The minimum atomic E-state index is -1.05. The van der Waals surface area contributed by atoms with E-state index in [0.717, 1.165) is 11.8 Å². The maximum absolute atomic E-state index is 13.4. The Labute approximate surface area is 121 Å². The number of thioether (sulfide) groups is 1. The zero-order valence-corrected chi connectivity index (χ0v) is 12.2. The number of carbonyl (C=O) groups is 2. The average Bonchev–Trinajstić information content (AvgIpc) is 2.36. The monoisotopic (exact) mass is 299 g/mol. The van der Waals surface area contributed by atoms with E-state index in [9.17, 15) is 14.0 Å². The van der Waals surface area contributed by atoms with Crippen molar-refractivity contribution >= 4 is 23.6 Å². The van der Waals surface area contributed by atoms with Crippen molar-refractivity contribution in [1.82, 2.24) is 5.32 Å². The summed E-state index contributed by atoms with van der Waals surface area (Å²) >= 11 is 1.05. The third-order valence-electron chi connectivity index (χ3n) is 2.54. The predicted molar refractivity (Wildman–Crippen MR) is 76.1 cm³/mol. The summed E-state index contributed by atoms with van der Waals surface area (Å²) in [6, 6.07) is 5.25. The summed E-state index contributed by atoms with van der Waals surface area (Å²) in [7, 11) is 0. The van der Waals surface area contributed by atoms with Crippen LogP contribution in [0.15, 0.2) is 29.2 Å². The highest BCUT2D eigenvalue weighted by atomic mass is 32.2. The highest BCUT2D eigenvalue weighted by Gasteiger charge is 2.21. The van der Waals surface area contributed by atoms with Crippen LogP contribution in [0.2, 0.25) is 0 Å². The zero-order chi connectivity index (χ0) is 15.1. The van der Waals surface area contributed by atoms with Crippen molar-refractivity contribution in [3.63, 3.8) is 0 Å². The van der Waals surface area contributed by atoms with Crippen molar-refractivity contribution in [2.75, 3.05) is 5.75 Å². The molecule has 2 N–H and O–H groups in total. The van der Waals surface area contributed by atoms with E-state index in [4.69, 9.17) is 5.11 Å². The number of halogens is 1. The molecule has 1 aromatic rings. The standard InChI is InChI=1S/C14H18FNO3S/c1-9(2)7-11(14(18)19)16-13(17)8-20-12-6-4-3-5-10(12)15/h3-6,9,11H,7-8H2,1-2H3,(H,16,17)(H,18,19). The van der Waals surface area contributed by atoms with Gasteiger partial charge in [-0.2, -0.15) is 0 Å². The largest absolute Gasteiger partial charge is 0.480 e. The Bertz CT molecular complexity index is 479. The summed E-state index contributed by atoms with van der Waals surface area (Å²) in [6.45, 7) is 3.77. The maximum Gasteiger partial charge on any atom is 0.326 e. The van der Waals surface area contributed by atoms with E-state index < -0.39 is 17.9 Å². The summed E-state index contributed by atoms with van der Waals surface area (Å²) in [5, 5.41) is 11.5. The molecule has 0 heterocycles. The summed E-state index contributed by atoms with van der Waals surface area (Å²) in [4.78, 5) is 23.1. The smallest absolute Gasteiger partial charge is 0.326 e. The molecular formula is C14H18FNO3S. The fourth-order valence-electron chi connectivity index (χ4n) is 1.63. The van der Waals surface area contributed by atoms with Crippen LogP contribution in [0.5, 0.6) is 0 Å². The van der Waals surface area contributed by atoms with Gasteiger partial charge < -0.3 is 10.4 Å². The minimum absolute atomic E-state index is 0.0111. The van der Waals surface area contributed by atoms with Crippen molar-refractivity contribution in [3.8, 4) is 0 Å². The molecule has 1 atom stereocenters. The quantitative estimate of drug-likeness (QED) is 0.759. The van der Waals surface area contributed by atoms with E-state index in [0.29, 0.717) is 11.3 Å². The molecule has 0 radical (unpaired) electrons. The Balaban J connectivity index is 2.50. The molecular weight excluding hydrogens is 281 g/mol. The zero-order valence-electron chi connectivity index (χ0n) is 11.4. The van der Waals surface area contributed by atoms with Gasteiger partial charge in [0.05, 0.1) is 5.75 Å². The summed E-state index contributed by atoms with van der Waals surface area (Å²) < 4.78 is 13.4. The van der Waals surface area contributed by atoms with Gasteiger partial charge in [-0.15, -0.1) is 11.8 Å². The third-order valence-corrected chi connectivity index (χ3v) is 3.58. The van der Waals surface area contributed by atoms with Gasteiger partial charge in [-0.05, 0) is 24.5 Å². The number of carbonyl (C=O) groups excluding carboxylic acids is 1. The molecule has 1 aromatic carbocycles. The fraction of sp³-hybridized carbons (Fsp3) is 0.429. The van der Waals surface area contributed by atoms with Crippen LogP contribution in [0, 0.1) is 11.7 Å². The molecule has 0 aromatic heterocycles. The van der Waals surface area contributed by atoms with Crippen molar-refractivity contribution in [2.45, 2.75) is 31.2 Å². The van der Waals surface area contributed by atoms with E-state index in [-0.39, 0.29) is 17.5 Å². The van der Waals surface area contributed by atoms with Gasteiger partial charge in [0.1, 0.15) is 11.9 Å². The third kappa shape index (κ3) is 5.61. The van der Waals surface area contributed by atoms with E-state index in [2.05, 4.69) is 5.32 Å². The molecule has 0 bridgehead atoms. The number of nitrogens with one attached hydrogen (secondary N) is 1. The molecule has 110 valence electrons. The van der Waals surface area contributed by atoms with Crippen molar-refractivity contribution < 1.29 is 19.1 Å².